The highest BCUT2D eigenvalue weighted by Crippen LogP contribution is 2.25. The zero-order chi connectivity index (χ0) is 14.4. The molecule has 3 N–H and O–H groups in total. The van der Waals surface area contributed by atoms with Crippen molar-refractivity contribution in [1.82, 2.24) is 4.90 Å². The average molecular weight is 283 g/mol. The molecule has 5 nitrogen and oxygen atoms in total. The third-order valence-electron chi connectivity index (χ3n) is 3.23. The molecule has 0 saturated heterocycles. The summed E-state index contributed by atoms with van der Waals surface area (Å²) in [6, 6.07) is 3.94. The van der Waals surface area contributed by atoms with Crippen molar-refractivity contribution in [2.75, 3.05) is 7.05 Å². The van der Waals surface area contributed by atoms with E-state index < -0.39 is 5.92 Å². The van der Waals surface area contributed by atoms with Gasteiger partial charge < -0.3 is 15.8 Å². The number of amides is 1. The van der Waals surface area contributed by atoms with Gasteiger partial charge in [0, 0.05) is 11.9 Å². The smallest absolute Gasteiger partial charge is 0.233 e. The maximum absolute atomic E-state index is 12.4. The predicted molar refractivity (Wildman–Crippen MR) is 77.3 cm³/mol. The fraction of sp³-hybridized carbons (Fsp3) is 0.538. The van der Waals surface area contributed by atoms with Crippen LogP contribution in [0.2, 0.25) is 0 Å². The summed E-state index contributed by atoms with van der Waals surface area (Å²) >= 11 is 1.61. The summed E-state index contributed by atoms with van der Waals surface area (Å²) in [5, 5.41) is 13.7. The van der Waals surface area contributed by atoms with E-state index in [1.165, 1.54) is 0 Å². The molecule has 0 saturated carbocycles. The summed E-state index contributed by atoms with van der Waals surface area (Å²) < 4.78 is 0. The Labute approximate surface area is 117 Å². The number of nitrogens with zero attached hydrogens (tertiary/aromatic N) is 2. The van der Waals surface area contributed by atoms with Gasteiger partial charge in [0.2, 0.25) is 5.91 Å². The van der Waals surface area contributed by atoms with E-state index in [1.54, 1.807) is 23.3 Å². The Morgan fingerprint density at radius 2 is 2.32 bits per heavy atom. The molecule has 0 aromatic carbocycles. The zero-order valence-corrected chi connectivity index (χ0v) is 12.4. The van der Waals surface area contributed by atoms with Crippen LogP contribution in [-0.2, 0) is 4.79 Å². The number of hydrogen-bond donors (Lipinski definition) is 2. The molecule has 19 heavy (non-hydrogen) atoms. The number of thiophene rings is 1. The summed E-state index contributed by atoms with van der Waals surface area (Å²) in [5.74, 6) is -0.683. The number of nitrogens with two attached hydrogens (primary N) is 1. The van der Waals surface area contributed by atoms with Crippen molar-refractivity contribution in [3.63, 3.8) is 0 Å². The zero-order valence-electron chi connectivity index (χ0n) is 11.5. The van der Waals surface area contributed by atoms with E-state index in [-0.39, 0.29) is 17.8 Å². The van der Waals surface area contributed by atoms with Crippen LogP contribution in [0.25, 0.3) is 0 Å². The van der Waals surface area contributed by atoms with Crippen LogP contribution in [0.4, 0.5) is 0 Å². The number of carbonyl (C=O) groups is 1. The highest BCUT2D eigenvalue weighted by atomic mass is 32.1. The van der Waals surface area contributed by atoms with Gasteiger partial charge in [-0.2, -0.15) is 0 Å². The van der Waals surface area contributed by atoms with Gasteiger partial charge in [0.1, 0.15) is 0 Å². The normalized spacial score (nSPS) is 15.0. The highest BCUT2D eigenvalue weighted by molar-refractivity contribution is 7.10. The molecule has 2 unspecified atom stereocenters. The SMILES string of the molecule is CCCC(C(=O)N(C)C(C)c1cccs1)C(N)=NO. The molecule has 0 aliphatic heterocycles. The van der Waals surface area contributed by atoms with Crippen LogP contribution in [0.15, 0.2) is 22.7 Å². The Balaban J connectivity index is 2.84. The molecule has 106 valence electrons. The molecular formula is C13H21N3O2S. The van der Waals surface area contributed by atoms with Gasteiger partial charge in [0.05, 0.1) is 12.0 Å². The molecule has 0 aliphatic carbocycles. The molecule has 2 atom stereocenters. The number of oxime groups is 1. The van der Waals surface area contributed by atoms with Crippen LogP contribution in [0.5, 0.6) is 0 Å². The van der Waals surface area contributed by atoms with Gasteiger partial charge in [-0.25, -0.2) is 0 Å². The summed E-state index contributed by atoms with van der Waals surface area (Å²) in [5.41, 5.74) is 5.62. The monoisotopic (exact) mass is 283 g/mol. The first-order valence-corrected chi connectivity index (χ1v) is 7.18. The van der Waals surface area contributed by atoms with E-state index >= 15 is 0 Å². The molecule has 0 radical (unpaired) electrons. The summed E-state index contributed by atoms with van der Waals surface area (Å²) in [4.78, 5) is 15.2. The van der Waals surface area contributed by atoms with E-state index in [0.717, 1.165) is 11.3 Å². The van der Waals surface area contributed by atoms with Gasteiger partial charge in [-0.1, -0.05) is 24.6 Å². The van der Waals surface area contributed by atoms with E-state index in [4.69, 9.17) is 10.9 Å². The van der Waals surface area contributed by atoms with Gasteiger partial charge in [-0.15, -0.1) is 11.3 Å². The largest absolute Gasteiger partial charge is 0.409 e. The molecular weight excluding hydrogens is 262 g/mol. The lowest BCUT2D eigenvalue weighted by atomic mass is 10.00. The minimum atomic E-state index is -0.553. The van der Waals surface area contributed by atoms with Gasteiger partial charge in [-0.3, -0.25) is 4.79 Å². The molecule has 1 aromatic heterocycles. The first-order chi connectivity index (χ1) is 9.02. The molecule has 6 heteroatoms. The summed E-state index contributed by atoms with van der Waals surface area (Å²) in [6.07, 6.45) is 1.38. The highest BCUT2D eigenvalue weighted by Gasteiger charge is 2.28. The molecule has 1 aromatic rings. The van der Waals surface area contributed by atoms with Crippen LogP contribution in [0.1, 0.15) is 37.6 Å². The van der Waals surface area contributed by atoms with Crippen LogP contribution in [-0.4, -0.2) is 28.9 Å². The van der Waals surface area contributed by atoms with Crippen LogP contribution >= 0.6 is 11.3 Å². The van der Waals surface area contributed by atoms with Crippen molar-refractivity contribution < 1.29 is 10.0 Å². The Kier molecular flexibility index (Phi) is 5.82. The van der Waals surface area contributed by atoms with Gasteiger partial charge in [0.25, 0.3) is 0 Å². The van der Waals surface area contributed by atoms with Crippen molar-refractivity contribution in [2.24, 2.45) is 16.8 Å². The maximum atomic E-state index is 12.4. The average Bonchev–Trinajstić information content (AvgIpc) is 2.95. The second-order valence-corrected chi connectivity index (χ2v) is 5.49. The minimum Gasteiger partial charge on any atom is -0.409 e. The number of carbonyl (C=O) groups excluding carboxylic acids is 1. The van der Waals surface area contributed by atoms with Crippen molar-refractivity contribution >= 4 is 23.1 Å². The van der Waals surface area contributed by atoms with Crippen LogP contribution in [0.3, 0.4) is 0 Å². The van der Waals surface area contributed by atoms with Gasteiger partial charge in [0.15, 0.2) is 5.84 Å². The molecule has 0 bridgehead atoms. The number of hydrogen-bond acceptors (Lipinski definition) is 4. The van der Waals surface area contributed by atoms with Crippen molar-refractivity contribution in [3.8, 4) is 0 Å². The Morgan fingerprint density at radius 3 is 2.79 bits per heavy atom. The van der Waals surface area contributed by atoms with E-state index in [9.17, 15) is 4.79 Å². The van der Waals surface area contributed by atoms with Crippen molar-refractivity contribution in [3.05, 3.63) is 22.4 Å². The topological polar surface area (TPSA) is 78.9 Å². The lowest BCUT2D eigenvalue weighted by molar-refractivity contribution is -0.134. The fourth-order valence-corrected chi connectivity index (χ4v) is 2.74. The molecule has 1 amide bonds. The van der Waals surface area contributed by atoms with Crippen molar-refractivity contribution in [2.45, 2.75) is 32.7 Å². The van der Waals surface area contributed by atoms with E-state index in [1.807, 2.05) is 31.4 Å². The first kappa shape index (κ1) is 15.5. The molecule has 1 rings (SSSR count). The summed E-state index contributed by atoms with van der Waals surface area (Å²) in [7, 11) is 1.75. The lowest BCUT2D eigenvalue weighted by Crippen LogP contribution is -2.41. The van der Waals surface area contributed by atoms with E-state index in [0.29, 0.717) is 6.42 Å². The molecule has 0 spiro atoms. The maximum Gasteiger partial charge on any atom is 0.233 e. The van der Waals surface area contributed by atoms with Gasteiger partial charge >= 0.3 is 0 Å². The fourth-order valence-electron chi connectivity index (χ4n) is 1.91. The van der Waals surface area contributed by atoms with Crippen LogP contribution < -0.4 is 5.73 Å². The lowest BCUT2D eigenvalue weighted by Gasteiger charge is -2.28. The minimum absolute atomic E-state index is 0.0154. The van der Waals surface area contributed by atoms with Crippen LogP contribution in [0, 0.1) is 5.92 Å². The molecule has 1 heterocycles. The first-order valence-electron chi connectivity index (χ1n) is 6.30. The molecule has 0 aliphatic rings. The van der Waals surface area contributed by atoms with E-state index in [2.05, 4.69) is 5.16 Å². The Bertz CT molecular complexity index is 431. The second kappa shape index (κ2) is 7.13. The quantitative estimate of drug-likeness (QED) is 0.364. The predicted octanol–water partition coefficient (Wildman–Crippen LogP) is 2.43. The number of rotatable bonds is 6. The Hall–Kier alpha value is -1.56. The third kappa shape index (κ3) is 3.70. The standard InChI is InChI=1S/C13H21N3O2S/c1-4-6-10(12(14)15-18)13(17)16(3)9(2)11-7-5-8-19-11/h5,7-10,18H,4,6H2,1-3H3,(H2,14,15). The third-order valence-corrected chi connectivity index (χ3v) is 4.27. The van der Waals surface area contributed by atoms with Crippen molar-refractivity contribution in [1.29, 1.82) is 0 Å². The van der Waals surface area contributed by atoms with Gasteiger partial charge in [-0.05, 0) is 24.8 Å². The second-order valence-electron chi connectivity index (χ2n) is 4.51. The summed E-state index contributed by atoms with van der Waals surface area (Å²) in [6.45, 7) is 3.94. The molecule has 0 fully saturated rings. The Morgan fingerprint density at radius 1 is 1.63 bits per heavy atom. The number of amidine groups is 1.